The highest BCUT2D eigenvalue weighted by Gasteiger charge is 2.41. The Morgan fingerprint density at radius 2 is 1.86 bits per heavy atom. The van der Waals surface area contributed by atoms with Gasteiger partial charge in [0.15, 0.2) is 0 Å². The molecule has 5 rings (SSSR count). The fraction of sp³-hybridized carbons (Fsp3) is 0.174. The maximum Gasteiger partial charge on any atom is 0.269 e. The summed E-state index contributed by atoms with van der Waals surface area (Å²) in [6, 6.07) is 22.9. The van der Waals surface area contributed by atoms with E-state index in [1.807, 2.05) is 29.3 Å². The Balaban J connectivity index is 1.59. The van der Waals surface area contributed by atoms with E-state index in [1.54, 1.807) is 12.1 Å². The summed E-state index contributed by atoms with van der Waals surface area (Å²) in [4.78, 5) is 10.9. The summed E-state index contributed by atoms with van der Waals surface area (Å²) < 4.78 is 6.27. The number of nitro benzene ring substituents is 1. The van der Waals surface area contributed by atoms with Gasteiger partial charge in [0, 0.05) is 29.7 Å². The predicted molar refractivity (Wildman–Crippen MR) is 110 cm³/mol. The van der Waals surface area contributed by atoms with Gasteiger partial charge in [0.25, 0.3) is 5.69 Å². The van der Waals surface area contributed by atoms with Gasteiger partial charge in [0.05, 0.1) is 16.7 Å². The van der Waals surface area contributed by atoms with Crippen molar-refractivity contribution in [2.24, 2.45) is 5.10 Å². The highest BCUT2D eigenvalue weighted by atomic mass is 16.6. The van der Waals surface area contributed by atoms with Gasteiger partial charge in [-0.1, -0.05) is 60.2 Å². The molecule has 144 valence electrons. The molecule has 2 aliphatic heterocycles. The molecule has 0 aliphatic carbocycles. The van der Waals surface area contributed by atoms with Crippen LogP contribution in [0.2, 0.25) is 0 Å². The normalized spacial score (nSPS) is 19.8. The van der Waals surface area contributed by atoms with Crippen molar-refractivity contribution in [1.82, 2.24) is 5.01 Å². The molecule has 0 radical (unpaired) electrons. The number of rotatable bonds is 3. The largest absolute Gasteiger partial charge is 0.464 e. The van der Waals surface area contributed by atoms with E-state index in [1.165, 1.54) is 11.6 Å². The number of ether oxygens (including phenoxy) is 1. The molecule has 0 saturated carbocycles. The second kappa shape index (κ2) is 6.74. The summed E-state index contributed by atoms with van der Waals surface area (Å²) in [6.07, 6.45) is 0.243. The molecule has 0 fully saturated rings. The number of nitrogens with zero attached hydrogens (tertiary/aromatic N) is 3. The van der Waals surface area contributed by atoms with Gasteiger partial charge in [0.1, 0.15) is 5.75 Å². The molecule has 2 atom stereocenters. The number of hydrogen-bond acceptors (Lipinski definition) is 5. The number of hydrazone groups is 1. The predicted octanol–water partition coefficient (Wildman–Crippen LogP) is 5.15. The van der Waals surface area contributed by atoms with Crippen molar-refractivity contribution < 1.29 is 9.66 Å². The van der Waals surface area contributed by atoms with E-state index >= 15 is 0 Å². The molecule has 0 bridgehead atoms. The van der Waals surface area contributed by atoms with Crippen LogP contribution in [0.1, 0.15) is 40.9 Å². The van der Waals surface area contributed by atoms with Crippen LogP contribution >= 0.6 is 0 Å². The Hall–Kier alpha value is -3.67. The molecule has 2 aliphatic rings. The van der Waals surface area contributed by atoms with Crippen LogP contribution in [0.4, 0.5) is 5.69 Å². The van der Waals surface area contributed by atoms with Gasteiger partial charge in [0.2, 0.25) is 6.23 Å². The van der Waals surface area contributed by atoms with Gasteiger partial charge in [-0.3, -0.25) is 10.1 Å². The number of hydrogen-bond donors (Lipinski definition) is 0. The Morgan fingerprint density at radius 1 is 1.07 bits per heavy atom. The summed E-state index contributed by atoms with van der Waals surface area (Å²) in [5.74, 6) is 0.797. The van der Waals surface area contributed by atoms with Crippen molar-refractivity contribution in [3.63, 3.8) is 0 Å². The van der Waals surface area contributed by atoms with Gasteiger partial charge in [-0.2, -0.15) is 5.10 Å². The van der Waals surface area contributed by atoms with Crippen LogP contribution in [0.25, 0.3) is 0 Å². The van der Waals surface area contributed by atoms with Gasteiger partial charge in [-0.25, -0.2) is 5.01 Å². The smallest absolute Gasteiger partial charge is 0.269 e. The second-order valence-corrected chi connectivity index (χ2v) is 7.37. The fourth-order valence-corrected chi connectivity index (χ4v) is 3.97. The summed E-state index contributed by atoms with van der Waals surface area (Å²) in [7, 11) is 0. The number of aryl methyl sites for hydroxylation is 1. The molecule has 6 nitrogen and oxygen atoms in total. The minimum Gasteiger partial charge on any atom is -0.464 e. The average molecular weight is 385 g/mol. The molecule has 29 heavy (non-hydrogen) atoms. The Labute approximate surface area is 168 Å². The zero-order valence-corrected chi connectivity index (χ0v) is 15.9. The molecule has 0 unspecified atom stereocenters. The number of nitro groups is 1. The highest BCUT2D eigenvalue weighted by molar-refractivity contribution is 6.02. The van der Waals surface area contributed by atoms with Crippen molar-refractivity contribution in [2.45, 2.75) is 25.6 Å². The summed E-state index contributed by atoms with van der Waals surface area (Å²) in [6.45, 7) is 2.06. The van der Waals surface area contributed by atoms with Crippen LogP contribution in [-0.4, -0.2) is 15.6 Å². The van der Waals surface area contributed by atoms with Gasteiger partial charge < -0.3 is 4.74 Å². The van der Waals surface area contributed by atoms with E-state index in [9.17, 15) is 10.1 Å². The zero-order chi connectivity index (χ0) is 20.0. The minimum absolute atomic E-state index is 0.0283. The first kappa shape index (κ1) is 17.4. The third kappa shape index (κ3) is 3.02. The molecule has 0 spiro atoms. The minimum atomic E-state index is -0.516. The molecule has 3 aromatic rings. The maximum absolute atomic E-state index is 11.3. The van der Waals surface area contributed by atoms with E-state index in [-0.39, 0.29) is 16.7 Å². The van der Waals surface area contributed by atoms with Crippen molar-refractivity contribution in [2.75, 3.05) is 0 Å². The monoisotopic (exact) mass is 385 g/mol. The second-order valence-electron chi connectivity index (χ2n) is 7.37. The molecular weight excluding hydrogens is 366 g/mol. The lowest BCUT2D eigenvalue weighted by Crippen LogP contribution is -2.33. The average Bonchev–Trinajstić information content (AvgIpc) is 3.19. The first-order chi connectivity index (χ1) is 14.1. The lowest BCUT2D eigenvalue weighted by atomic mass is 9.95. The highest BCUT2D eigenvalue weighted by Crippen LogP contribution is 2.47. The Kier molecular flexibility index (Phi) is 4.05. The van der Waals surface area contributed by atoms with Gasteiger partial charge in [-0.05, 0) is 18.6 Å². The standard InChI is InChI=1S/C23H19N3O3/c1-15-9-11-16(12-10-15)20-14-21-19-7-2-3-8-22(19)29-23(25(21)24-20)17-5-4-6-18(13-17)26(27)28/h2-13,21,23H,14H2,1H3/t21-,23-/m0/s1. The SMILES string of the molecule is Cc1ccc(C2=NN3[C@@H](C2)c2ccccc2O[C@H]3c2cccc([N+](=O)[O-])c2)cc1. The van der Waals surface area contributed by atoms with E-state index in [2.05, 4.69) is 37.3 Å². The number of para-hydroxylation sites is 1. The number of fused-ring (bicyclic) bond motifs is 3. The first-order valence-corrected chi connectivity index (χ1v) is 9.53. The van der Waals surface area contributed by atoms with Crippen LogP contribution in [0.5, 0.6) is 5.75 Å². The molecule has 6 heteroatoms. The van der Waals surface area contributed by atoms with Crippen molar-refractivity contribution in [3.8, 4) is 5.75 Å². The van der Waals surface area contributed by atoms with E-state index in [0.29, 0.717) is 5.56 Å². The van der Waals surface area contributed by atoms with Crippen molar-refractivity contribution in [1.29, 1.82) is 0 Å². The molecule has 0 amide bonds. The third-order valence-electron chi connectivity index (χ3n) is 5.45. The van der Waals surface area contributed by atoms with Crippen LogP contribution < -0.4 is 4.74 Å². The van der Waals surface area contributed by atoms with Crippen molar-refractivity contribution >= 4 is 11.4 Å². The summed E-state index contributed by atoms with van der Waals surface area (Å²) in [5.41, 5.74) is 5.12. The van der Waals surface area contributed by atoms with E-state index in [0.717, 1.165) is 29.0 Å². The number of non-ortho nitro benzene ring substituents is 1. The van der Waals surface area contributed by atoms with Crippen LogP contribution in [0, 0.1) is 17.0 Å². The molecule has 0 saturated heterocycles. The molecule has 0 aromatic heterocycles. The first-order valence-electron chi connectivity index (χ1n) is 9.53. The maximum atomic E-state index is 11.3. The topological polar surface area (TPSA) is 68.0 Å². The lowest BCUT2D eigenvalue weighted by molar-refractivity contribution is -0.385. The van der Waals surface area contributed by atoms with Crippen LogP contribution in [-0.2, 0) is 0 Å². The van der Waals surface area contributed by atoms with Crippen LogP contribution in [0.3, 0.4) is 0 Å². The lowest BCUT2D eigenvalue weighted by Gasteiger charge is -2.38. The van der Waals surface area contributed by atoms with Gasteiger partial charge >= 0.3 is 0 Å². The fourth-order valence-electron chi connectivity index (χ4n) is 3.97. The van der Waals surface area contributed by atoms with E-state index < -0.39 is 6.23 Å². The van der Waals surface area contributed by atoms with Gasteiger partial charge in [-0.15, -0.1) is 0 Å². The molecule has 3 aromatic carbocycles. The van der Waals surface area contributed by atoms with Crippen LogP contribution in [0.15, 0.2) is 77.9 Å². The number of benzene rings is 3. The summed E-state index contributed by atoms with van der Waals surface area (Å²) >= 11 is 0. The molecular formula is C23H19N3O3. The van der Waals surface area contributed by atoms with Crippen molar-refractivity contribution in [3.05, 3.63) is 105 Å². The molecule has 0 N–H and O–H groups in total. The zero-order valence-electron chi connectivity index (χ0n) is 15.9. The third-order valence-corrected chi connectivity index (χ3v) is 5.45. The Bertz CT molecular complexity index is 1120. The summed E-state index contributed by atoms with van der Waals surface area (Å²) in [5, 5.41) is 18.1. The molecule has 2 heterocycles. The van der Waals surface area contributed by atoms with E-state index in [4.69, 9.17) is 9.84 Å². The Morgan fingerprint density at radius 3 is 2.66 bits per heavy atom. The quantitative estimate of drug-likeness (QED) is 0.462.